The van der Waals surface area contributed by atoms with Crippen LogP contribution in [0.5, 0.6) is 0 Å². The third-order valence-electron chi connectivity index (χ3n) is 1.98. The van der Waals surface area contributed by atoms with E-state index in [4.69, 9.17) is 10.9 Å². The molecule has 0 aromatic carbocycles. The van der Waals surface area contributed by atoms with E-state index in [0.717, 1.165) is 0 Å². The van der Waals surface area contributed by atoms with Gasteiger partial charge >= 0.3 is 5.97 Å². The zero-order valence-corrected chi connectivity index (χ0v) is 6.45. The fourth-order valence-corrected chi connectivity index (χ4v) is 1.22. The lowest BCUT2D eigenvalue weighted by atomic mass is 10.2. The topological polar surface area (TPSA) is 78.6 Å². The second-order valence-electron chi connectivity index (χ2n) is 2.85. The van der Waals surface area contributed by atoms with Crippen LogP contribution in [0.3, 0.4) is 0 Å². The van der Waals surface area contributed by atoms with Crippen molar-refractivity contribution in [2.24, 2.45) is 5.84 Å². The van der Waals surface area contributed by atoms with E-state index in [1.165, 1.54) is 0 Å². The Morgan fingerprint density at radius 3 is 2.73 bits per heavy atom. The van der Waals surface area contributed by atoms with Crippen LogP contribution in [0, 0.1) is 0 Å². The summed E-state index contributed by atoms with van der Waals surface area (Å²) in [6.45, 7) is 0.657. The Hall–Kier alpha value is -0.650. The first-order valence-electron chi connectivity index (χ1n) is 3.55. The summed E-state index contributed by atoms with van der Waals surface area (Å²) >= 11 is 0. The van der Waals surface area contributed by atoms with Crippen LogP contribution in [0.25, 0.3) is 0 Å². The van der Waals surface area contributed by atoms with Crippen molar-refractivity contribution in [3.63, 3.8) is 0 Å². The molecule has 0 aliphatic carbocycles. The number of hydrogen-bond acceptors (Lipinski definition) is 4. The molecule has 64 valence electrons. The highest BCUT2D eigenvalue weighted by atomic mass is 16.4. The molecule has 2 unspecified atom stereocenters. The summed E-state index contributed by atoms with van der Waals surface area (Å²) in [5.41, 5.74) is 0. The van der Waals surface area contributed by atoms with Crippen molar-refractivity contribution in [2.75, 3.05) is 13.6 Å². The molecule has 1 rings (SSSR count). The highest BCUT2D eigenvalue weighted by Gasteiger charge is 2.30. The fraction of sp³-hybridized carbons (Fsp3) is 0.833. The lowest BCUT2D eigenvalue weighted by Gasteiger charge is -2.16. The number of carboxylic acid groups (broad SMARTS) is 1. The highest BCUT2D eigenvalue weighted by Crippen LogP contribution is 2.09. The number of carboxylic acids is 1. The van der Waals surface area contributed by atoms with Crippen LogP contribution in [-0.4, -0.2) is 41.8 Å². The van der Waals surface area contributed by atoms with E-state index in [1.54, 1.807) is 12.1 Å². The molecule has 0 spiro atoms. The largest absolute Gasteiger partial charge is 0.480 e. The summed E-state index contributed by atoms with van der Waals surface area (Å²) < 4.78 is 0. The molecule has 0 saturated carbocycles. The molecule has 0 aromatic rings. The van der Waals surface area contributed by atoms with Gasteiger partial charge < -0.3 is 10.4 Å². The lowest BCUT2D eigenvalue weighted by Crippen LogP contribution is -2.38. The molecule has 1 saturated heterocycles. The number of nitrogens with two attached hydrogens (primary N) is 1. The number of nitrogens with zero attached hydrogens (tertiary/aromatic N) is 1. The van der Waals surface area contributed by atoms with Gasteiger partial charge in [-0.1, -0.05) is 0 Å². The molecule has 5 heteroatoms. The van der Waals surface area contributed by atoms with Crippen molar-refractivity contribution in [3.8, 4) is 0 Å². The van der Waals surface area contributed by atoms with Gasteiger partial charge in [-0.05, 0) is 6.42 Å². The predicted octanol–water partition coefficient (Wildman–Crippen LogP) is -1.39. The molecular formula is C6H13N3O2. The molecule has 2 atom stereocenters. The van der Waals surface area contributed by atoms with Crippen molar-refractivity contribution in [1.82, 2.24) is 10.3 Å². The minimum absolute atomic E-state index is 0.149. The Morgan fingerprint density at radius 2 is 2.45 bits per heavy atom. The molecule has 4 N–H and O–H groups in total. The number of carbonyl (C=O) groups is 1. The van der Waals surface area contributed by atoms with E-state index in [-0.39, 0.29) is 6.04 Å². The van der Waals surface area contributed by atoms with Gasteiger partial charge in [0.25, 0.3) is 0 Å². The van der Waals surface area contributed by atoms with Gasteiger partial charge in [-0.3, -0.25) is 10.6 Å². The standard InChI is InChI=1S/C6H13N3O2/c1-9(7)4-2-5(6(10)11)8-3-4/h4-5,8H,2-3,7H2,1H3,(H,10,11). The van der Waals surface area contributed by atoms with Gasteiger partial charge in [-0.15, -0.1) is 0 Å². The predicted molar refractivity (Wildman–Crippen MR) is 39.8 cm³/mol. The molecule has 0 radical (unpaired) electrons. The summed E-state index contributed by atoms with van der Waals surface area (Å²) in [6, 6.07) is -0.276. The van der Waals surface area contributed by atoms with Gasteiger partial charge in [0.2, 0.25) is 0 Å². The van der Waals surface area contributed by atoms with Gasteiger partial charge in [-0.25, -0.2) is 5.01 Å². The summed E-state index contributed by atoms with van der Waals surface area (Å²) in [5, 5.41) is 13.0. The summed E-state index contributed by atoms with van der Waals surface area (Å²) in [5.74, 6) is 4.66. The Labute approximate surface area is 65.1 Å². The summed E-state index contributed by atoms with van der Waals surface area (Å²) in [4.78, 5) is 10.4. The monoisotopic (exact) mass is 159 g/mol. The van der Waals surface area contributed by atoms with Crippen molar-refractivity contribution >= 4 is 5.97 Å². The van der Waals surface area contributed by atoms with Gasteiger partial charge in [0.05, 0.1) is 0 Å². The molecule has 1 aliphatic rings. The van der Waals surface area contributed by atoms with E-state index in [9.17, 15) is 4.79 Å². The summed E-state index contributed by atoms with van der Waals surface area (Å²) in [6.07, 6.45) is 0.586. The van der Waals surface area contributed by atoms with Gasteiger partial charge in [0, 0.05) is 19.6 Å². The van der Waals surface area contributed by atoms with Crippen molar-refractivity contribution in [1.29, 1.82) is 0 Å². The number of hydrogen-bond donors (Lipinski definition) is 3. The maximum atomic E-state index is 10.4. The smallest absolute Gasteiger partial charge is 0.320 e. The van der Waals surface area contributed by atoms with Crippen LogP contribution < -0.4 is 11.2 Å². The van der Waals surface area contributed by atoms with Crippen molar-refractivity contribution < 1.29 is 9.90 Å². The maximum Gasteiger partial charge on any atom is 0.320 e. The van der Waals surface area contributed by atoms with E-state index in [0.29, 0.717) is 13.0 Å². The number of likely N-dealkylation sites (N-methyl/N-ethyl adjacent to an activating group) is 1. The molecule has 0 bridgehead atoms. The maximum absolute atomic E-state index is 10.4. The minimum Gasteiger partial charge on any atom is -0.480 e. The number of hydrazine groups is 1. The van der Waals surface area contributed by atoms with Gasteiger partial charge in [0.1, 0.15) is 6.04 Å². The molecule has 11 heavy (non-hydrogen) atoms. The lowest BCUT2D eigenvalue weighted by molar-refractivity contribution is -0.139. The van der Waals surface area contributed by atoms with Crippen molar-refractivity contribution in [3.05, 3.63) is 0 Å². The average Bonchev–Trinajstić information content (AvgIpc) is 2.33. The molecule has 0 amide bonds. The first-order chi connectivity index (χ1) is 5.11. The zero-order valence-electron chi connectivity index (χ0n) is 6.45. The van der Waals surface area contributed by atoms with Crippen molar-refractivity contribution in [2.45, 2.75) is 18.5 Å². The fourth-order valence-electron chi connectivity index (χ4n) is 1.22. The quantitative estimate of drug-likeness (QED) is 0.341. The molecule has 1 fully saturated rings. The van der Waals surface area contributed by atoms with Crippen LogP contribution >= 0.6 is 0 Å². The third kappa shape index (κ3) is 1.89. The van der Waals surface area contributed by atoms with Gasteiger partial charge in [0.15, 0.2) is 0 Å². The highest BCUT2D eigenvalue weighted by molar-refractivity contribution is 5.73. The minimum atomic E-state index is -0.797. The number of aliphatic carboxylic acids is 1. The first-order valence-corrected chi connectivity index (χ1v) is 3.55. The molecule has 5 nitrogen and oxygen atoms in total. The van der Waals surface area contributed by atoms with Crippen LogP contribution in [0.4, 0.5) is 0 Å². The van der Waals surface area contributed by atoms with Crippen LogP contribution in [0.15, 0.2) is 0 Å². The van der Waals surface area contributed by atoms with E-state index < -0.39 is 12.0 Å². The second kappa shape index (κ2) is 3.17. The number of nitrogens with one attached hydrogen (secondary N) is 1. The third-order valence-corrected chi connectivity index (χ3v) is 1.98. The molecule has 1 heterocycles. The normalized spacial score (nSPS) is 31.2. The Bertz CT molecular complexity index is 160. The Balaban J connectivity index is 2.41. The van der Waals surface area contributed by atoms with Crippen LogP contribution in [0.1, 0.15) is 6.42 Å². The molecular weight excluding hydrogens is 146 g/mol. The van der Waals surface area contributed by atoms with Gasteiger partial charge in [-0.2, -0.15) is 0 Å². The van der Waals surface area contributed by atoms with E-state index in [1.807, 2.05) is 0 Å². The first kappa shape index (κ1) is 8.45. The summed E-state index contributed by atoms with van der Waals surface area (Å²) in [7, 11) is 1.75. The second-order valence-corrected chi connectivity index (χ2v) is 2.85. The van der Waals surface area contributed by atoms with Crippen LogP contribution in [-0.2, 0) is 4.79 Å². The molecule has 1 aliphatic heterocycles. The average molecular weight is 159 g/mol. The number of rotatable bonds is 2. The Kier molecular flexibility index (Phi) is 2.43. The van der Waals surface area contributed by atoms with E-state index >= 15 is 0 Å². The Morgan fingerprint density at radius 1 is 1.82 bits per heavy atom. The van der Waals surface area contributed by atoms with Crippen LogP contribution in [0.2, 0.25) is 0 Å². The van der Waals surface area contributed by atoms with E-state index in [2.05, 4.69) is 5.32 Å². The molecule has 0 aromatic heterocycles. The zero-order chi connectivity index (χ0) is 8.43. The SMILES string of the molecule is CN(N)C1CNC(C(=O)O)C1.